The third-order valence-corrected chi connectivity index (χ3v) is 5.55. The number of aliphatic hydroxyl groups is 1. The molecule has 1 heterocycles. The lowest BCUT2D eigenvalue weighted by Crippen LogP contribution is -2.29. The minimum atomic E-state index is -0.990. The van der Waals surface area contributed by atoms with Crippen LogP contribution in [0.4, 0.5) is 10.1 Å². The summed E-state index contributed by atoms with van der Waals surface area (Å²) >= 11 is 0. The second-order valence-electron chi connectivity index (χ2n) is 7.55. The van der Waals surface area contributed by atoms with E-state index in [1.54, 1.807) is 48.5 Å². The number of methoxy groups -OCH3 is 1. The van der Waals surface area contributed by atoms with E-state index in [0.29, 0.717) is 28.1 Å². The number of aliphatic hydroxyl groups excluding tert-OH is 1. The van der Waals surface area contributed by atoms with Gasteiger partial charge in [0.2, 0.25) is 0 Å². The lowest BCUT2D eigenvalue weighted by Gasteiger charge is -2.25. The summed E-state index contributed by atoms with van der Waals surface area (Å²) in [6.07, 6.45) is 0. The van der Waals surface area contributed by atoms with E-state index in [-0.39, 0.29) is 17.1 Å². The van der Waals surface area contributed by atoms with Gasteiger partial charge in [-0.2, -0.15) is 0 Å². The van der Waals surface area contributed by atoms with Gasteiger partial charge in [0.1, 0.15) is 17.3 Å². The third kappa shape index (κ3) is 4.01. The average Bonchev–Trinajstić information content (AvgIpc) is 3.09. The van der Waals surface area contributed by atoms with Crippen LogP contribution in [0.25, 0.3) is 5.76 Å². The zero-order valence-corrected chi connectivity index (χ0v) is 17.9. The molecule has 1 atom stereocenters. The zero-order valence-electron chi connectivity index (χ0n) is 17.9. The highest BCUT2D eigenvalue weighted by Crippen LogP contribution is 2.42. The number of nitrogens with zero attached hydrogens (tertiary/aromatic N) is 1. The van der Waals surface area contributed by atoms with E-state index in [9.17, 15) is 23.9 Å². The Balaban J connectivity index is 1.89. The number of carbonyl (C=O) groups excluding carboxylic acids is 3. The molecule has 1 unspecified atom stereocenters. The lowest BCUT2D eigenvalue weighted by molar-refractivity contribution is -0.132. The second-order valence-corrected chi connectivity index (χ2v) is 7.55. The fourth-order valence-corrected chi connectivity index (χ4v) is 3.82. The van der Waals surface area contributed by atoms with Gasteiger partial charge >= 0.3 is 0 Å². The molecule has 1 aliphatic heterocycles. The first-order valence-electron chi connectivity index (χ1n) is 10.1. The van der Waals surface area contributed by atoms with Crippen LogP contribution < -0.4 is 9.64 Å². The van der Waals surface area contributed by atoms with Gasteiger partial charge in [-0.05, 0) is 73.2 Å². The van der Waals surface area contributed by atoms with Gasteiger partial charge in [0.25, 0.3) is 11.7 Å². The van der Waals surface area contributed by atoms with Crippen molar-refractivity contribution in [1.82, 2.24) is 0 Å². The molecule has 0 aromatic heterocycles. The summed E-state index contributed by atoms with van der Waals surface area (Å²) in [4.78, 5) is 39.1. The Hall–Kier alpha value is -4.26. The predicted molar refractivity (Wildman–Crippen MR) is 121 cm³/mol. The Morgan fingerprint density at radius 1 is 0.909 bits per heavy atom. The maximum Gasteiger partial charge on any atom is 0.300 e. The number of ketones is 2. The highest BCUT2D eigenvalue weighted by molar-refractivity contribution is 6.51. The van der Waals surface area contributed by atoms with Crippen molar-refractivity contribution in [2.75, 3.05) is 12.0 Å². The quantitative estimate of drug-likeness (QED) is 0.267. The maximum atomic E-state index is 13.6. The molecule has 0 radical (unpaired) electrons. The van der Waals surface area contributed by atoms with E-state index in [0.717, 1.165) is 0 Å². The van der Waals surface area contributed by atoms with Crippen molar-refractivity contribution >= 4 is 28.9 Å². The highest BCUT2D eigenvalue weighted by Gasteiger charge is 2.47. The maximum absolute atomic E-state index is 13.6. The van der Waals surface area contributed by atoms with E-state index in [1.807, 2.05) is 0 Å². The number of hydrogen-bond acceptors (Lipinski definition) is 5. The van der Waals surface area contributed by atoms with Crippen molar-refractivity contribution in [3.05, 3.63) is 101 Å². The average molecular weight is 445 g/mol. The normalized spacial score (nSPS) is 17.3. The number of anilines is 1. The first-order chi connectivity index (χ1) is 15.8. The van der Waals surface area contributed by atoms with Crippen LogP contribution in [0.2, 0.25) is 0 Å². The van der Waals surface area contributed by atoms with Gasteiger partial charge in [-0.3, -0.25) is 19.3 Å². The van der Waals surface area contributed by atoms with Gasteiger partial charge in [0.15, 0.2) is 5.78 Å². The first-order valence-corrected chi connectivity index (χ1v) is 10.1. The summed E-state index contributed by atoms with van der Waals surface area (Å²) in [6.45, 7) is 1.43. The first kappa shape index (κ1) is 22.0. The molecular weight excluding hydrogens is 425 g/mol. The number of amides is 1. The molecule has 166 valence electrons. The summed E-state index contributed by atoms with van der Waals surface area (Å²) < 4.78 is 18.7. The van der Waals surface area contributed by atoms with E-state index in [2.05, 4.69) is 0 Å². The Bertz CT molecular complexity index is 1260. The Morgan fingerprint density at radius 3 is 2.03 bits per heavy atom. The van der Waals surface area contributed by atoms with Crippen molar-refractivity contribution in [2.45, 2.75) is 13.0 Å². The molecule has 33 heavy (non-hydrogen) atoms. The highest BCUT2D eigenvalue weighted by atomic mass is 19.1. The number of ether oxygens (including phenoxy) is 1. The summed E-state index contributed by atoms with van der Waals surface area (Å²) in [6, 6.07) is 17.0. The van der Waals surface area contributed by atoms with Crippen LogP contribution in [0.15, 0.2) is 78.4 Å². The van der Waals surface area contributed by atoms with Crippen LogP contribution in [0.5, 0.6) is 5.75 Å². The smallest absolute Gasteiger partial charge is 0.300 e. The summed E-state index contributed by atoms with van der Waals surface area (Å²) in [5, 5.41) is 11.1. The summed E-state index contributed by atoms with van der Waals surface area (Å²) in [5.74, 6) is -2.11. The van der Waals surface area contributed by atoms with Crippen LogP contribution in [-0.4, -0.2) is 29.7 Å². The van der Waals surface area contributed by atoms with Gasteiger partial charge in [-0.25, -0.2) is 4.39 Å². The standard InChI is InChI=1S/C26H20FNO5/c1-15(29)16-5-11-20(12-6-16)28-23(17-3-9-19(27)10-4-17)22(25(31)26(28)32)24(30)18-7-13-21(33-2)14-8-18/h3-14,23,30H,1-2H3/b24-22-. The van der Waals surface area contributed by atoms with E-state index < -0.39 is 23.5 Å². The molecule has 1 N–H and O–H groups in total. The SMILES string of the molecule is COc1ccc(/C(O)=C2/C(=O)C(=O)N(c3ccc(C(C)=O)cc3)C2c2ccc(F)cc2)cc1. The van der Waals surface area contributed by atoms with Gasteiger partial charge in [-0.1, -0.05) is 12.1 Å². The van der Waals surface area contributed by atoms with Crippen LogP contribution in [0.1, 0.15) is 34.5 Å². The monoisotopic (exact) mass is 445 g/mol. The molecule has 4 rings (SSSR count). The predicted octanol–water partition coefficient (Wildman–Crippen LogP) is 4.66. The van der Waals surface area contributed by atoms with Crippen molar-refractivity contribution in [2.24, 2.45) is 0 Å². The topological polar surface area (TPSA) is 83.9 Å². The molecule has 0 saturated carbocycles. The Kier molecular flexibility index (Phi) is 5.79. The number of rotatable bonds is 5. The van der Waals surface area contributed by atoms with Crippen LogP contribution >= 0.6 is 0 Å². The molecule has 0 aliphatic carbocycles. The van der Waals surface area contributed by atoms with Crippen molar-refractivity contribution < 1.29 is 28.6 Å². The Morgan fingerprint density at radius 2 is 1.48 bits per heavy atom. The number of carbonyl (C=O) groups is 3. The van der Waals surface area contributed by atoms with E-state index in [1.165, 1.54) is 43.2 Å². The number of halogens is 1. The van der Waals surface area contributed by atoms with Crippen molar-refractivity contribution in [3.63, 3.8) is 0 Å². The number of hydrogen-bond donors (Lipinski definition) is 1. The molecule has 1 saturated heterocycles. The van der Waals surface area contributed by atoms with Gasteiger partial charge in [0.05, 0.1) is 18.7 Å². The molecule has 1 fully saturated rings. The fraction of sp³-hybridized carbons (Fsp3) is 0.115. The number of Topliss-reactive ketones (excluding diaryl/α,β-unsaturated/α-hetero) is 2. The van der Waals surface area contributed by atoms with Crippen LogP contribution in [-0.2, 0) is 9.59 Å². The molecule has 1 amide bonds. The van der Waals surface area contributed by atoms with E-state index in [4.69, 9.17) is 4.74 Å². The minimum absolute atomic E-state index is 0.118. The number of benzene rings is 3. The largest absolute Gasteiger partial charge is 0.507 e. The fourth-order valence-electron chi connectivity index (χ4n) is 3.82. The van der Waals surface area contributed by atoms with Gasteiger partial charge < -0.3 is 9.84 Å². The molecular formula is C26H20FNO5. The Labute approximate surface area is 189 Å². The van der Waals surface area contributed by atoms with Crippen molar-refractivity contribution in [3.8, 4) is 5.75 Å². The minimum Gasteiger partial charge on any atom is -0.507 e. The van der Waals surface area contributed by atoms with E-state index >= 15 is 0 Å². The molecule has 0 spiro atoms. The molecule has 7 heteroatoms. The van der Waals surface area contributed by atoms with Crippen LogP contribution in [0.3, 0.4) is 0 Å². The van der Waals surface area contributed by atoms with Crippen molar-refractivity contribution in [1.29, 1.82) is 0 Å². The summed E-state index contributed by atoms with van der Waals surface area (Å²) in [7, 11) is 1.51. The second kappa shape index (κ2) is 8.70. The molecule has 3 aromatic carbocycles. The molecule has 3 aromatic rings. The van der Waals surface area contributed by atoms with Gasteiger partial charge in [0, 0.05) is 16.8 Å². The molecule has 0 bridgehead atoms. The lowest BCUT2D eigenvalue weighted by atomic mass is 9.95. The van der Waals surface area contributed by atoms with Crippen LogP contribution in [0, 0.1) is 5.82 Å². The molecule has 1 aliphatic rings. The van der Waals surface area contributed by atoms with Gasteiger partial charge in [-0.15, -0.1) is 0 Å². The zero-order chi connectivity index (χ0) is 23.7. The molecule has 6 nitrogen and oxygen atoms in total. The third-order valence-electron chi connectivity index (χ3n) is 5.55. The summed E-state index contributed by atoms with van der Waals surface area (Å²) in [5.41, 5.74) is 1.47.